The van der Waals surface area contributed by atoms with E-state index in [1.807, 2.05) is 17.8 Å². The minimum atomic E-state index is -1.26. The summed E-state index contributed by atoms with van der Waals surface area (Å²) in [6.45, 7) is 3.56. The quantitative estimate of drug-likeness (QED) is 0.595. The molecule has 6 nitrogen and oxygen atoms in total. The standard InChI is InChI=1S/C21H22ClNOS.C4H4O4/c22-16-5-6-20-18(11-16)21(17-4-2-1-3-15(17)13-25-20)24-19-12-23-9-7-14(19)8-10-23;5-3(6)1-2-4(7)8/h1-6,11,14,19,21H,7-10,12-13H2;1-2H,(H,5,6)(H,7,8)/b;2-1-. The average Bonchev–Trinajstić information content (AvgIpc) is 2.96. The molecule has 2 aromatic rings. The van der Waals surface area contributed by atoms with Crippen molar-refractivity contribution in [3.8, 4) is 0 Å². The molecule has 2 aromatic carbocycles. The first kappa shape index (κ1) is 23.8. The zero-order valence-electron chi connectivity index (χ0n) is 18.0. The largest absolute Gasteiger partial charge is 0.478 e. The fraction of sp³-hybridized carbons (Fsp3) is 0.360. The van der Waals surface area contributed by atoms with Crippen LogP contribution in [0.1, 0.15) is 35.6 Å². The van der Waals surface area contributed by atoms with Crippen molar-refractivity contribution in [2.75, 3.05) is 19.6 Å². The summed E-state index contributed by atoms with van der Waals surface area (Å²) in [4.78, 5) is 23.0. The van der Waals surface area contributed by atoms with Crippen LogP contribution in [0.25, 0.3) is 0 Å². The van der Waals surface area contributed by atoms with Gasteiger partial charge in [0.1, 0.15) is 6.10 Å². The summed E-state index contributed by atoms with van der Waals surface area (Å²) in [5, 5.41) is 16.4. The summed E-state index contributed by atoms with van der Waals surface area (Å²) in [7, 11) is 0. The Morgan fingerprint density at radius 3 is 2.36 bits per heavy atom. The van der Waals surface area contributed by atoms with Gasteiger partial charge >= 0.3 is 11.9 Å². The highest BCUT2D eigenvalue weighted by atomic mass is 35.5. The Morgan fingerprint density at radius 2 is 1.73 bits per heavy atom. The molecule has 2 N–H and O–H groups in total. The maximum absolute atomic E-state index is 9.55. The predicted octanol–water partition coefficient (Wildman–Crippen LogP) is 4.86. The highest BCUT2D eigenvalue weighted by Crippen LogP contribution is 2.44. The second-order valence-electron chi connectivity index (χ2n) is 8.37. The molecule has 0 amide bonds. The highest BCUT2D eigenvalue weighted by Gasteiger charge is 2.37. The first-order valence-corrected chi connectivity index (χ1v) is 12.3. The molecule has 0 aromatic heterocycles. The van der Waals surface area contributed by atoms with Crippen molar-refractivity contribution < 1.29 is 24.5 Å². The molecule has 0 radical (unpaired) electrons. The molecule has 0 spiro atoms. The van der Waals surface area contributed by atoms with E-state index < -0.39 is 11.9 Å². The number of hydrogen-bond donors (Lipinski definition) is 2. The predicted molar refractivity (Wildman–Crippen MR) is 128 cm³/mol. The first-order chi connectivity index (χ1) is 15.9. The van der Waals surface area contributed by atoms with Crippen LogP contribution in [0.2, 0.25) is 5.02 Å². The van der Waals surface area contributed by atoms with E-state index in [9.17, 15) is 9.59 Å². The maximum atomic E-state index is 9.55. The van der Waals surface area contributed by atoms with E-state index >= 15 is 0 Å². The lowest BCUT2D eigenvalue weighted by molar-refractivity contribution is -0.134. The van der Waals surface area contributed by atoms with Crippen molar-refractivity contribution in [1.82, 2.24) is 4.90 Å². The Bertz CT molecular complexity index is 1030. The molecule has 33 heavy (non-hydrogen) atoms. The minimum Gasteiger partial charge on any atom is -0.478 e. The second-order valence-corrected chi connectivity index (χ2v) is 9.83. The Kier molecular flexibility index (Phi) is 7.75. The van der Waals surface area contributed by atoms with Gasteiger partial charge in [0.2, 0.25) is 0 Å². The molecular weight excluding hydrogens is 462 g/mol. The fourth-order valence-corrected chi connectivity index (χ4v) is 5.88. The van der Waals surface area contributed by atoms with Crippen LogP contribution >= 0.6 is 23.4 Å². The molecule has 6 rings (SSSR count). The molecule has 4 aliphatic rings. The minimum absolute atomic E-state index is 0.00884. The van der Waals surface area contributed by atoms with Crippen molar-refractivity contribution in [2.45, 2.75) is 35.7 Å². The molecule has 0 aliphatic carbocycles. The number of ether oxygens (including phenoxy) is 1. The van der Waals surface area contributed by atoms with Gasteiger partial charge in [-0.05, 0) is 61.2 Å². The second kappa shape index (κ2) is 10.7. The summed E-state index contributed by atoms with van der Waals surface area (Å²) in [5.74, 6) is -0.819. The number of carboxylic acids is 2. The van der Waals surface area contributed by atoms with Crippen molar-refractivity contribution in [2.24, 2.45) is 5.92 Å². The molecule has 0 saturated carbocycles. The molecule has 2 unspecified atom stereocenters. The van der Waals surface area contributed by atoms with Crippen molar-refractivity contribution in [1.29, 1.82) is 0 Å². The smallest absolute Gasteiger partial charge is 0.328 e. The van der Waals surface area contributed by atoms with E-state index in [2.05, 4.69) is 41.3 Å². The summed E-state index contributed by atoms with van der Waals surface area (Å²) < 4.78 is 6.84. The third-order valence-corrected chi connectivity index (χ3v) is 7.62. The summed E-state index contributed by atoms with van der Waals surface area (Å²) in [6.07, 6.45) is 3.98. The Morgan fingerprint density at radius 1 is 1.03 bits per heavy atom. The number of carbonyl (C=O) groups is 2. The van der Waals surface area contributed by atoms with Gasteiger partial charge in [-0.15, -0.1) is 11.8 Å². The van der Waals surface area contributed by atoms with E-state index in [1.165, 1.54) is 47.5 Å². The molecular formula is C25H26ClNO5S. The molecule has 2 atom stereocenters. The van der Waals surface area contributed by atoms with Crippen LogP contribution in [0.4, 0.5) is 0 Å². The molecule has 3 fully saturated rings. The van der Waals surface area contributed by atoms with E-state index in [4.69, 9.17) is 26.6 Å². The SMILES string of the molecule is Clc1ccc2c(c1)C(OC1CN3CCC1CC3)c1ccccc1CS2.O=C(O)/C=C\C(=O)O. The van der Waals surface area contributed by atoms with E-state index in [0.717, 1.165) is 17.3 Å². The van der Waals surface area contributed by atoms with Crippen LogP contribution in [-0.2, 0) is 20.1 Å². The third-order valence-electron chi connectivity index (χ3n) is 6.25. The number of thioether (sulfide) groups is 1. The van der Waals surface area contributed by atoms with Crippen molar-refractivity contribution in [3.63, 3.8) is 0 Å². The lowest BCUT2D eigenvalue weighted by atomic mass is 9.85. The van der Waals surface area contributed by atoms with Gasteiger partial charge in [-0.3, -0.25) is 0 Å². The van der Waals surface area contributed by atoms with Gasteiger partial charge in [0, 0.05) is 39.9 Å². The first-order valence-electron chi connectivity index (χ1n) is 10.9. The Balaban J connectivity index is 0.000000281. The number of halogens is 1. The molecule has 4 heterocycles. The van der Waals surface area contributed by atoms with Gasteiger partial charge in [0.05, 0.1) is 6.10 Å². The van der Waals surface area contributed by atoms with Crippen molar-refractivity contribution >= 4 is 35.3 Å². The van der Waals surface area contributed by atoms with Crippen LogP contribution in [0, 0.1) is 5.92 Å². The zero-order chi connectivity index (χ0) is 23.4. The number of nitrogens with zero attached hydrogens (tertiary/aromatic N) is 1. The van der Waals surface area contributed by atoms with Crippen LogP contribution in [0.15, 0.2) is 59.5 Å². The molecule has 2 bridgehead atoms. The van der Waals surface area contributed by atoms with E-state index in [0.29, 0.717) is 24.2 Å². The molecule has 3 saturated heterocycles. The van der Waals surface area contributed by atoms with Gasteiger partial charge < -0.3 is 19.8 Å². The van der Waals surface area contributed by atoms with E-state index in [1.54, 1.807) is 0 Å². The van der Waals surface area contributed by atoms with Gasteiger partial charge in [-0.1, -0.05) is 35.9 Å². The number of rotatable bonds is 4. The van der Waals surface area contributed by atoms with Gasteiger partial charge in [0.15, 0.2) is 0 Å². The Labute approximate surface area is 202 Å². The third kappa shape index (κ3) is 5.98. The van der Waals surface area contributed by atoms with E-state index in [-0.39, 0.29) is 6.10 Å². The lowest BCUT2D eigenvalue weighted by Crippen LogP contribution is -2.51. The highest BCUT2D eigenvalue weighted by molar-refractivity contribution is 7.98. The Hall–Kier alpha value is -2.32. The van der Waals surface area contributed by atoms with Crippen LogP contribution in [0.3, 0.4) is 0 Å². The summed E-state index contributed by atoms with van der Waals surface area (Å²) in [6, 6.07) is 15.0. The normalized spacial score (nSPS) is 25.4. The summed E-state index contributed by atoms with van der Waals surface area (Å²) in [5.41, 5.74) is 3.93. The van der Waals surface area contributed by atoms with Crippen LogP contribution < -0.4 is 0 Å². The fourth-order valence-electron chi connectivity index (χ4n) is 4.63. The molecule has 4 aliphatic heterocycles. The van der Waals surface area contributed by atoms with Gasteiger partial charge in [-0.2, -0.15) is 0 Å². The number of aliphatic carboxylic acids is 2. The summed E-state index contributed by atoms with van der Waals surface area (Å²) >= 11 is 8.25. The monoisotopic (exact) mass is 487 g/mol. The van der Waals surface area contributed by atoms with Crippen LogP contribution in [-0.4, -0.2) is 52.8 Å². The topological polar surface area (TPSA) is 87.1 Å². The molecule has 174 valence electrons. The number of carboxylic acid groups (broad SMARTS) is 2. The number of fused-ring (bicyclic) bond motifs is 5. The van der Waals surface area contributed by atoms with Crippen molar-refractivity contribution in [3.05, 3.63) is 76.3 Å². The molecule has 8 heteroatoms. The number of benzene rings is 2. The zero-order valence-corrected chi connectivity index (χ0v) is 19.6. The van der Waals surface area contributed by atoms with Crippen LogP contribution in [0.5, 0.6) is 0 Å². The number of piperidine rings is 3. The maximum Gasteiger partial charge on any atom is 0.328 e. The average molecular weight is 488 g/mol. The van der Waals surface area contributed by atoms with Gasteiger partial charge in [0.25, 0.3) is 0 Å². The van der Waals surface area contributed by atoms with Gasteiger partial charge in [-0.25, -0.2) is 9.59 Å². The number of hydrogen-bond acceptors (Lipinski definition) is 5. The lowest BCUT2D eigenvalue weighted by Gasteiger charge is -2.45.